The van der Waals surface area contributed by atoms with Gasteiger partial charge in [-0.1, -0.05) is 36.6 Å². The number of aromatic nitrogens is 2. The van der Waals surface area contributed by atoms with E-state index < -0.39 is 0 Å². The summed E-state index contributed by atoms with van der Waals surface area (Å²) in [6.07, 6.45) is 8.79. The lowest BCUT2D eigenvalue weighted by molar-refractivity contribution is 0.572. The molecule has 0 atom stereocenters. The van der Waals surface area contributed by atoms with Crippen molar-refractivity contribution in [1.82, 2.24) is 20.6 Å². The molecule has 2 N–H and O–H groups in total. The Morgan fingerprint density at radius 1 is 1.00 bits per heavy atom. The largest absolute Gasteiger partial charge is 0.444 e. The molecule has 0 aliphatic carbocycles. The molecule has 1 aromatic carbocycles. The van der Waals surface area contributed by atoms with Crippen LogP contribution in [0.15, 0.2) is 58.3 Å². The van der Waals surface area contributed by atoms with E-state index in [0.29, 0.717) is 24.9 Å². The second-order valence-electron chi connectivity index (χ2n) is 8.22. The van der Waals surface area contributed by atoms with Crippen LogP contribution in [0.1, 0.15) is 42.5 Å². The van der Waals surface area contributed by atoms with Crippen molar-refractivity contribution >= 4 is 35.8 Å². The molecule has 8 heteroatoms. The van der Waals surface area contributed by atoms with Crippen molar-refractivity contribution in [3.05, 3.63) is 65.7 Å². The van der Waals surface area contributed by atoms with Crippen LogP contribution in [0.4, 0.5) is 5.82 Å². The van der Waals surface area contributed by atoms with Gasteiger partial charge < -0.3 is 20.0 Å². The second-order valence-corrected chi connectivity index (χ2v) is 8.22. The Bertz CT molecular complexity index is 1010. The SMILES string of the molecule is CN=C(NCc1ccc(N2CCCCCC2)nc1)NCc1coc(-c2ccc(C)cc2)n1.I. The van der Waals surface area contributed by atoms with Crippen molar-refractivity contribution in [3.63, 3.8) is 0 Å². The summed E-state index contributed by atoms with van der Waals surface area (Å²) in [6.45, 7) is 5.46. The van der Waals surface area contributed by atoms with Gasteiger partial charge in [-0.25, -0.2) is 9.97 Å². The smallest absolute Gasteiger partial charge is 0.226 e. The first kappa shape index (κ1) is 25.0. The standard InChI is InChI=1S/C25H32N6O.HI/c1-19-7-10-21(11-8-19)24-30-22(18-32-24)17-29-25(26-2)28-16-20-9-12-23(27-15-20)31-13-5-3-4-6-14-31;/h7-12,15,18H,3-6,13-14,16-17H2,1-2H3,(H2,26,28,29);1H. The number of halogens is 1. The predicted molar refractivity (Wildman–Crippen MR) is 144 cm³/mol. The van der Waals surface area contributed by atoms with Gasteiger partial charge in [-0.3, -0.25) is 4.99 Å². The highest BCUT2D eigenvalue weighted by Gasteiger charge is 2.11. The minimum atomic E-state index is 0. The molecule has 1 aliphatic heterocycles. The molecular weight excluding hydrogens is 527 g/mol. The Morgan fingerprint density at radius 2 is 1.73 bits per heavy atom. The van der Waals surface area contributed by atoms with Crippen molar-refractivity contribution in [2.24, 2.45) is 4.99 Å². The fourth-order valence-corrected chi connectivity index (χ4v) is 3.81. The van der Waals surface area contributed by atoms with Gasteiger partial charge in [-0.05, 0) is 43.5 Å². The Morgan fingerprint density at radius 3 is 2.39 bits per heavy atom. The number of anilines is 1. The second kappa shape index (κ2) is 12.6. The monoisotopic (exact) mass is 560 g/mol. The first-order valence-electron chi connectivity index (χ1n) is 11.4. The summed E-state index contributed by atoms with van der Waals surface area (Å²) in [5.74, 6) is 2.41. The minimum absolute atomic E-state index is 0. The van der Waals surface area contributed by atoms with E-state index in [1.807, 2.05) is 18.3 Å². The molecule has 1 aliphatic rings. The van der Waals surface area contributed by atoms with Crippen LogP contribution < -0.4 is 15.5 Å². The molecule has 0 spiro atoms. The van der Waals surface area contributed by atoms with Gasteiger partial charge >= 0.3 is 0 Å². The Kier molecular flexibility index (Phi) is 9.53. The summed E-state index contributed by atoms with van der Waals surface area (Å²) >= 11 is 0. The van der Waals surface area contributed by atoms with Gasteiger partial charge in [0.05, 0.1) is 12.2 Å². The summed E-state index contributed by atoms with van der Waals surface area (Å²) in [4.78, 5) is 15.9. The highest BCUT2D eigenvalue weighted by Crippen LogP contribution is 2.19. The van der Waals surface area contributed by atoms with Crippen molar-refractivity contribution < 1.29 is 4.42 Å². The molecule has 1 fully saturated rings. The zero-order valence-corrected chi connectivity index (χ0v) is 21.7. The van der Waals surface area contributed by atoms with Crippen LogP contribution in [0.2, 0.25) is 0 Å². The summed E-state index contributed by atoms with van der Waals surface area (Å²) in [5.41, 5.74) is 4.13. The van der Waals surface area contributed by atoms with E-state index in [1.165, 1.54) is 31.2 Å². The third-order valence-electron chi connectivity index (χ3n) is 5.71. The molecule has 0 bridgehead atoms. The lowest BCUT2D eigenvalue weighted by Gasteiger charge is -2.21. The van der Waals surface area contributed by atoms with E-state index in [4.69, 9.17) is 4.42 Å². The van der Waals surface area contributed by atoms with Gasteiger partial charge in [0.25, 0.3) is 0 Å². The molecule has 7 nitrogen and oxygen atoms in total. The Labute approximate surface area is 213 Å². The van der Waals surface area contributed by atoms with Crippen LogP contribution in [-0.2, 0) is 13.1 Å². The number of guanidine groups is 1. The van der Waals surface area contributed by atoms with E-state index in [0.717, 1.165) is 35.7 Å². The highest BCUT2D eigenvalue weighted by molar-refractivity contribution is 14.0. The average Bonchev–Trinajstić information content (AvgIpc) is 3.13. The lowest BCUT2D eigenvalue weighted by Crippen LogP contribution is -2.36. The number of oxazole rings is 1. The van der Waals surface area contributed by atoms with E-state index in [9.17, 15) is 0 Å². The number of benzene rings is 1. The number of pyridine rings is 1. The zero-order chi connectivity index (χ0) is 22.2. The van der Waals surface area contributed by atoms with Gasteiger partial charge in [-0.15, -0.1) is 24.0 Å². The van der Waals surface area contributed by atoms with E-state index in [1.54, 1.807) is 13.3 Å². The van der Waals surface area contributed by atoms with Crippen molar-refractivity contribution in [2.75, 3.05) is 25.0 Å². The molecule has 0 unspecified atom stereocenters. The van der Waals surface area contributed by atoms with Gasteiger partial charge in [0, 0.05) is 38.4 Å². The lowest BCUT2D eigenvalue weighted by atomic mass is 10.1. The maximum absolute atomic E-state index is 5.63. The molecule has 0 saturated carbocycles. The van der Waals surface area contributed by atoms with Gasteiger partial charge in [0.1, 0.15) is 12.1 Å². The molecule has 4 rings (SSSR count). The summed E-state index contributed by atoms with van der Waals surface area (Å²) in [5, 5.41) is 6.62. The number of nitrogens with zero attached hydrogens (tertiary/aromatic N) is 4. The van der Waals surface area contributed by atoms with Crippen LogP contribution in [0.5, 0.6) is 0 Å². The molecular formula is C25H33IN6O. The molecule has 1 saturated heterocycles. The normalized spacial score (nSPS) is 14.4. The number of rotatable bonds is 6. The van der Waals surface area contributed by atoms with E-state index in [-0.39, 0.29) is 24.0 Å². The number of aryl methyl sites for hydroxylation is 1. The summed E-state index contributed by atoms with van der Waals surface area (Å²) in [6, 6.07) is 12.4. The van der Waals surface area contributed by atoms with E-state index >= 15 is 0 Å². The molecule has 3 aromatic rings. The fourth-order valence-electron chi connectivity index (χ4n) is 3.81. The molecule has 3 heterocycles. The summed E-state index contributed by atoms with van der Waals surface area (Å²) < 4.78 is 5.63. The zero-order valence-electron chi connectivity index (χ0n) is 19.4. The number of aliphatic imine (C=N–C) groups is 1. The molecule has 176 valence electrons. The van der Waals surface area contributed by atoms with Gasteiger partial charge in [-0.2, -0.15) is 0 Å². The summed E-state index contributed by atoms with van der Waals surface area (Å²) in [7, 11) is 1.76. The number of hydrogen-bond acceptors (Lipinski definition) is 5. The van der Waals surface area contributed by atoms with Gasteiger partial charge in [0.2, 0.25) is 5.89 Å². The maximum Gasteiger partial charge on any atom is 0.226 e. The topological polar surface area (TPSA) is 78.6 Å². The van der Waals surface area contributed by atoms with Crippen LogP contribution in [0, 0.1) is 6.92 Å². The van der Waals surface area contributed by atoms with Crippen molar-refractivity contribution in [2.45, 2.75) is 45.7 Å². The molecule has 0 radical (unpaired) electrons. The Balaban J connectivity index is 0.00000306. The number of nitrogens with one attached hydrogen (secondary N) is 2. The Hall–Kier alpha value is -2.62. The number of hydrogen-bond donors (Lipinski definition) is 2. The van der Waals surface area contributed by atoms with Crippen LogP contribution in [0.25, 0.3) is 11.5 Å². The maximum atomic E-state index is 5.63. The molecule has 2 aromatic heterocycles. The predicted octanol–water partition coefficient (Wildman–Crippen LogP) is 4.91. The van der Waals surface area contributed by atoms with Gasteiger partial charge in [0.15, 0.2) is 5.96 Å². The fraction of sp³-hybridized carbons (Fsp3) is 0.400. The van der Waals surface area contributed by atoms with Crippen LogP contribution in [-0.4, -0.2) is 36.1 Å². The quantitative estimate of drug-likeness (QED) is 0.254. The highest BCUT2D eigenvalue weighted by atomic mass is 127. The third kappa shape index (κ3) is 7.18. The minimum Gasteiger partial charge on any atom is -0.444 e. The first-order chi connectivity index (χ1) is 15.7. The van der Waals surface area contributed by atoms with E-state index in [2.05, 4.69) is 61.7 Å². The van der Waals surface area contributed by atoms with Crippen LogP contribution >= 0.6 is 24.0 Å². The van der Waals surface area contributed by atoms with Crippen molar-refractivity contribution in [3.8, 4) is 11.5 Å². The third-order valence-corrected chi connectivity index (χ3v) is 5.71. The van der Waals surface area contributed by atoms with Crippen LogP contribution in [0.3, 0.4) is 0 Å². The van der Waals surface area contributed by atoms with Crippen molar-refractivity contribution in [1.29, 1.82) is 0 Å². The molecule has 0 amide bonds. The molecule has 33 heavy (non-hydrogen) atoms. The average molecular weight is 560 g/mol. The first-order valence-corrected chi connectivity index (χ1v) is 11.4.